The predicted molar refractivity (Wildman–Crippen MR) is 102 cm³/mol. The molecule has 0 aliphatic carbocycles. The van der Waals surface area contributed by atoms with E-state index in [0.717, 1.165) is 11.3 Å². The summed E-state index contributed by atoms with van der Waals surface area (Å²) in [6, 6.07) is 14.8. The number of benzene rings is 2. The molecule has 1 atom stereocenters. The van der Waals surface area contributed by atoms with Crippen molar-refractivity contribution in [2.45, 2.75) is 25.1 Å². The summed E-state index contributed by atoms with van der Waals surface area (Å²) in [5.41, 5.74) is 3.82. The molecule has 1 aromatic heterocycles. The average Bonchev–Trinajstić information content (AvgIpc) is 3.16. The van der Waals surface area contributed by atoms with E-state index in [0.29, 0.717) is 22.2 Å². The average molecular weight is 381 g/mol. The van der Waals surface area contributed by atoms with Crippen LogP contribution in [0.5, 0.6) is 5.75 Å². The Kier molecular flexibility index (Phi) is 6.06. The number of nitriles is 1. The number of thioether (sulfide) groups is 1. The maximum Gasteiger partial charge on any atom is 0.214 e. The van der Waals surface area contributed by atoms with Crippen LogP contribution in [-0.2, 0) is 0 Å². The third-order valence-corrected chi connectivity index (χ3v) is 5.07. The number of rotatable bonds is 7. The minimum absolute atomic E-state index is 0.143. The molecule has 1 N–H and O–H groups in total. The number of nitrogens with zero attached hydrogens (tertiary/aromatic N) is 5. The second-order valence-electron chi connectivity index (χ2n) is 6.05. The number of ether oxygens (including phenoxy) is 1. The van der Waals surface area contributed by atoms with Gasteiger partial charge < -0.3 is 9.84 Å². The molecule has 8 heteroatoms. The quantitative estimate of drug-likeness (QED) is 0.628. The fourth-order valence-electron chi connectivity index (χ4n) is 2.33. The number of aromatic nitrogens is 4. The van der Waals surface area contributed by atoms with E-state index in [1.807, 2.05) is 25.1 Å². The Balaban J connectivity index is 1.56. The largest absolute Gasteiger partial charge is 0.491 e. The summed E-state index contributed by atoms with van der Waals surface area (Å²) in [4.78, 5) is 0. The summed E-state index contributed by atoms with van der Waals surface area (Å²) in [7, 11) is 0. The Morgan fingerprint density at radius 1 is 1.19 bits per heavy atom. The number of aliphatic hydroxyl groups excluding tert-OH is 1. The topological polar surface area (TPSA) is 96.8 Å². The third-order valence-electron chi connectivity index (χ3n) is 4.01. The van der Waals surface area contributed by atoms with Crippen molar-refractivity contribution >= 4 is 11.8 Å². The smallest absolute Gasteiger partial charge is 0.214 e. The van der Waals surface area contributed by atoms with Gasteiger partial charge in [0.15, 0.2) is 0 Å². The monoisotopic (exact) mass is 381 g/mol. The Bertz CT molecular complexity index is 949. The molecule has 0 saturated heterocycles. The van der Waals surface area contributed by atoms with Gasteiger partial charge in [0.25, 0.3) is 0 Å². The highest BCUT2D eigenvalue weighted by molar-refractivity contribution is 7.99. The zero-order valence-corrected chi connectivity index (χ0v) is 15.8. The standard InChI is InChI=1S/C19H19N5O2S/c1-13-3-6-16(9-14(13)2)24-19(21-22-23-24)27-12-17(25)11-26-18-7-4-15(10-20)5-8-18/h3-9,17,25H,11-12H2,1-2H3. The summed E-state index contributed by atoms with van der Waals surface area (Å²) in [6.07, 6.45) is -0.685. The van der Waals surface area contributed by atoms with Gasteiger partial charge in [0.1, 0.15) is 12.4 Å². The first-order valence-corrected chi connectivity index (χ1v) is 9.35. The molecule has 0 fully saturated rings. The van der Waals surface area contributed by atoms with Crippen LogP contribution in [0.1, 0.15) is 16.7 Å². The van der Waals surface area contributed by atoms with Gasteiger partial charge in [0.05, 0.1) is 23.4 Å². The molecule has 3 aromatic rings. The van der Waals surface area contributed by atoms with Crippen molar-refractivity contribution in [1.29, 1.82) is 5.26 Å². The van der Waals surface area contributed by atoms with Gasteiger partial charge in [-0.2, -0.15) is 9.94 Å². The minimum Gasteiger partial charge on any atom is -0.491 e. The molecule has 27 heavy (non-hydrogen) atoms. The molecule has 1 heterocycles. The lowest BCUT2D eigenvalue weighted by molar-refractivity contribution is 0.126. The molecule has 1 unspecified atom stereocenters. The number of tetrazole rings is 1. The maximum absolute atomic E-state index is 10.2. The van der Waals surface area contributed by atoms with Crippen LogP contribution >= 0.6 is 11.8 Å². The van der Waals surface area contributed by atoms with Gasteiger partial charge in [-0.3, -0.25) is 0 Å². The molecular weight excluding hydrogens is 362 g/mol. The van der Waals surface area contributed by atoms with Crippen molar-refractivity contribution in [1.82, 2.24) is 20.2 Å². The molecule has 138 valence electrons. The van der Waals surface area contributed by atoms with Gasteiger partial charge in [0.2, 0.25) is 5.16 Å². The van der Waals surface area contributed by atoms with Crippen molar-refractivity contribution in [2.75, 3.05) is 12.4 Å². The highest BCUT2D eigenvalue weighted by atomic mass is 32.2. The molecule has 0 radical (unpaired) electrons. The number of hydrogen-bond acceptors (Lipinski definition) is 7. The van der Waals surface area contributed by atoms with Gasteiger partial charge in [-0.1, -0.05) is 17.8 Å². The van der Waals surface area contributed by atoms with Crippen molar-refractivity contribution in [3.05, 3.63) is 59.2 Å². The minimum atomic E-state index is -0.685. The van der Waals surface area contributed by atoms with Gasteiger partial charge in [-0.15, -0.1) is 5.10 Å². The molecule has 0 aliphatic rings. The lowest BCUT2D eigenvalue weighted by atomic mass is 10.1. The van der Waals surface area contributed by atoms with Crippen LogP contribution in [0.4, 0.5) is 0 Å². The van der Waals surface area contributed by atoms with Crippen LogP contribution in [0.3, 0.4) is 0 Å². The molecule has 2 aromatic carbocycles. The lowest BCUT2D eigenvalue weighted by Gasteiger charge is -2.12. The number of hydrogen-bond donors (Lipinski definition) is 1. The summed E-state index contributed by atoms with van der Waals surface area (Å²) in [5.74, 6) is 1.000. The van der Waals surface area contributed by atoms with Crippen molar-refractivity contribution in [2.24, 2.45) is 0 Å². The Morgan fingerprint density at radius 2 is 1.96 bits per heavy atom. The lowest BCUT2D eigenvalue weighted by Crippen LogP contribution is -2.20. The summed E-state index contributed by atoms with van der Waals surface area (Å²) < 4.78 is 7.21. The highest BCUT2D eigenvalue weighted by Crippen LogP contribution is 2.21. The molecular formula is C19H19N5O2S. The van der Waals surface area contributed by atoms with E-state index in [-0.39, 0.29) is 6.61 Å². The van der Waals surface area contributed by atoms with Gasteiger partial charge in [-0.25, -0.2) is 0 Å². The van der Waals surface area contributed by atoms with E-state index in [1.165, 1.54) is 17.3 Å². The van der Waals surface area contributed by atoms with Gasteiger partial charge in [0, 0.05) is 5.75 Å². The fourth-order valence-corrected chi connectivity index (χ4v) is 3.12. The summed E-state index contributed by atoms with van der Waals surface area (Å²) in [6.45, 7) is 4.24. The molecule has 3 rings (SSSR count). The normalized spacial score (nSPS) is 11.8. The summed E-state index contributed by atoms with van der Waals surface area (Å²) >= 11 is 1.36. The van der Waals surface area contributed by atoms with Crippen LogP contribution in [0, 0.1) is 25.2 Å². The first kappa shape index (κ1) is 18.9. The second-order valence-corrected chi connectivity index (χ2v) is 7.04. The molecule has 7 nitrogen and oxygen atoms in total. The third kappa shape index (κ3) is 4.84. The van der Waals surface area contributed by atoms with E-state index < -0.39 is 6.10 Å². The first-order chi connectivity index (χ1) is 13.1. The SMILES string of the molecule is Cc1ccc(-n2nnnc2SCC(O)COc2ccc(C#N)cc2)cc1C. The van der Waals surface area contributed by atoms with E-state index in [2.05, 4.69) is 28.5 Å². The van der Waals surface area contributed by atoms with E-state index in [1.54, 1.807) is 28.9 Å². The number of aryl methyl sites for hydroxylation is 2. The predicted octanol–water partition coefficient (Wildman–Crippen LogP) is 2.68. The van der Waals surface area contributed by atoms with Crippen molar-refractivity contribution < 1.29 is 9.84 Å². The van der Waals surface area contributed by atoms with Crippen molar-refractivity contribution in [3.63, 3.8) is 0 Å². The van der Waals surface area contributed by atoms with E-state index >= 15 is 0 Å². The van der Waals surface area contributed by atoms with Crippen LogP contribution in [0.25, 0.3) is 5.69 Å². The summed E-state index contributed by atoms with van der Waals surface area (Å²) in [5, 5.41) is 31.4. The molecule has 0 spiro atoms. The number of aliphatic hydroxyl groups is 1. The maximum atomic E-state index is 10.2. The molecule has 0 saturated carbocycles. The second kappa shape index (κ2) is 8.66. The van der Waals surface area contributed by atoms with Crippen LogP contribution < -0.4 is 4.74 Å². The van der Waals surface area contributed by atoms with Crippen LogP contribution in [0.15, 0.2) is 47.6 Å². The Morgan fingerprint density at radius 3 is 2.67 bits per heavy atom. The Hall–Kier alpha value is -2.89. The zero-order valence-electron chi connectivity index (χ0n) is 15.0. The van der Waals surface area contributed by atoms with Crippen molar-refractivity contribution in [3.8, 4) is 17.5 Å². The Labute approximate surface area is 161 Å². The molecule has 0 aliphatic heterocycles. The van der Waals surface area contributed by atoms with E-state index in [9.17, 15) is 5.11 Å². The molecule has 0 bridgehead atoms. The highest BCUT2D eigenvalue weighted by Gasteiger charge is 2.13. The molecule has 0 amide bonds. The zero-order chi connectivity index (χ0) is 19.2. The first-order valence-electron chi connectivity index (χ1n) is 8.36. The fraction of sp³-hybridized carbons (Fsp3) is 0.263. The van der Waals surface area contributed by atoms with Gasteiger partial charge >= 0.3 is 0 Å². The van der Waals surface area contributed by atoms with Gasteiger partial charge in [-0.05, 0) is 71.8 Å². The van der Waals surface area contributed by atoms with Crippen LogP contribution in [-0.4, -0.2) is 43.8 Å². The van der Waals surface area contributed by atoms with Crippen LogP contribution in [0.2, 0.25) is 0 Å². The van der Waals surface area contributed by atoms with E-state index in [4.69, 9.17) is 10.00 Å².